The largest absolute Gasteiger partial charge is 0.442 e. The van der Waals surface area contributed by atoms with Crippen molar-refractivity contribution in [3.8, 4) is 5.69 Å². The number of nitrogens with zero attached hydrogens (tertiary/aromatic N) is 4. The number of aromatic nitrogens is 3. The Morgan fingerprint density at radius 3 is 2.96 bits per heavy atom. The topological polar surface area (TPSA) is 110 Å². The first kappa shape index (κ1) is 16.8. The normalized spacial score (nSPS) is 16.8. The summed E-state index contributed by atoms with van der Waals surface area (Å²) in [7, 11) is 0. The summed E-state index contributed by atoms with van der Waals surface area (Å²) >= 11 is 0. The number of ether oxygens (including phenoxy) is 1. The molecule has 25 heavy (non-hydrogen) atoms. The smallest absolute Gasteiger partial charge is 0.414 e. The highest BCUT2D eigenvalue weighted by Crippen LogP contribution is 2.25. The van der Waals surface area contributed by atoms with Crippen molar-refractivity contribution in [3.05, 3.63) is 35.9 Å². The molecule has 1 unspecified atom stereocenters. The molecule has 0 bridgehead atoms. The Bertz CT molecular complexity index is 809. The summed E-state index contributed by atoms with van der Waals surface area (Å²) in [5, 5.41) is 19.0. The molecule has 1 aliphatic heterocycles. The molecule has 0 saturated carbocycles. The van der Waals surface area contributed by atoms with Gasteiger partial charge >= 0.3 is 6.09 Å². The van der Waals surface area contributed by atoms with Crippen LogP contribution in [0.4, 0.5) is 14.9 Å². The number of rotatable bonds is 5. The number of aliphatic hydroxyl groups is 1. The molecular weight excluding hydrogens is 333 g/mol. The fraction of sp³-hybridized carbons (Fsp3) is 0.333. The van der Waals surface area contributed by atoms with Crippen molar-refractivity contribution in [3.63, 3.8) is 0 Å². The summed E-state index contributed by atoms with van der Waals surface area (Å²) < 4.78 is 20.7. The average molecular weight is 349 g/mol. The first-order chi connectivity index (χ1) is 12.0. The van der Waals surface area contributed by atoms with Crippen LogP contribution in [0.5, 0.6) is 0 Å². The molecule has 1 saturated heterocycles. The van der Waals surface area contributed by atoms with Crippen molar-refractivity contribution < 1.29 is 23.8 Å². The van der Waals surface area contributed by atoms with Gasteiger partial charge in [-0.05, 0) is 18.2 Å². The number of halogens is 1. The van der Waals surface area contributed by atoms with Crippen LogP contribution < -0.4 is 10.2 Å². The molecule has 0 radical (unpaired) electrons. The van der Waals surface area contributed by atoms with Crippen LogP contribution in [0.25, 0.3) is 5.69 Å². The van der Waals surface area contributed by atoms with Gasteiger partial charge in [0.05, 0.1) is 31.6 Å². The molecule has 9 nitrogen and oxygen atoms in total. The zero-order valence-electron chi connectivity index (χ0n) is 13.3. The Morgan fingerprint density at radius 1 is 1.52 bits per heavy atom. The van der Waals surface area contributed by atoms with Gasteiger partial charge in [-0.25, -0.2) is 13.9 Å². The van der Waals surface area contributed by atoms with Gasteiger partial charge in [0.2, 0.25) is 5.91 Å². The standard InChI is InChI=1S/C15H16FN5O4/c1-9(23)17-5-12-7-20(15(24)25-12)11-2-3-14(13(16)4-11)21-6-10(8-22)18-19-21/h2-4,6,12,22H,5,7-8H2,1H3,(H,17,23). The minimum absolute atomic E-state index is 0.137. The SMILES string of the molecule is CC(=O)NCC1CN(c2ccc(-n3cc(CO)nn3)c(F)c2)C(=O)O1. The second kappa shape index (κ2) is 6.85. The van der Waals surface area contributed by atoms with E-state index in [1.54, 1.807) is 6.07 Å². The van der Waals surface area contributed by atoms with Gasteiger partial charge in [-0.15, -0.1) is 5.10 Å². The van der Waals surface area contributed by atoms with E-state index in [1.807, 2.05) is 0 Å². The lowest BCUT2D eigenvalue weighted by Gasteiger charge is -2.14. The molecule has 132 valence electrons. The quantitative estimate of drug-likeness (QED) is 0.807. The summed E-state index contributed by atoms with van der Waals surface area (Å²) in [5.41, 5.74) is 0.782. The highest BCUT2D eigenvalue weighted by molar-refractivity contribution is 5.90. The molecule has 10 heteroatoms. The third-order valence-electron chi connectivity index (χ3n) is 3.65. The maximum absolute atomic E-state index is 14.4. The van der Waals surface area contributed by atoms with E-state index < -0.39 is 18.0 Å². The molecule has 0 aliphatic carbocycles. The van der Waals surface area contributed by atoms with Gasteiger partial charge < -0.3 is 15.2 Å². The summed E-state index contributed by atoms with van der Waals surface area (Å²) in [6.45, 7) is 1.47. The molecule has 0 spiro atoms. The van der Waals surface area contributed by atoms with Gasteiger partial charge in [0.25, 0.3) is 0 Å². The molecule has 1 aliphatic rings. The molecule has 2 heterocycles. The Labute approximate surface area is 142 Å². The van der Waals surface area contributed by atoms with E-state index in [9.17, 15) is 14.0 Å². The third-order valence-corrected chi connectivity index (χ3v) is 3.65. The lowest BCUT2D eigenvalue weighted by molar-refractivity contribution is -0.119. The van der Waals surface area contributed by atoms with Crippen molar-refractivity contribution in [1.82, 2.24) is 20.3 Å². The predicted octanol–water partition coefficient (Wildman–Crippen LogP) is 0.360. The van der Waals surface area contributed by atoms with E-state index in [2.05, 4.69) is 15.6 Å². The summed E-state index contributed by atoms with van der Waals surface area (Å²) in [4.78, 5) is 24.2. The zero-order chi connectivity index (χ0) is 18.0. The van der Waals surface area contributed by atoms with Crippen LogP contribution in [0.1, 0.15) is 12.6 Å². The average Bonchev–Trinajstić information content (AvgIpc) is 3.19. The predicted molar refractivity (Wildman–Crippen MR) is 83.5 cm³/mol. The number of benzene rings is 1. The van der Waals surface area contributed by atoms with Crippen LogP contribution in [0.2, 0.25) is 0 Å². The van der Waals surface area contributed by atoms with Crippen molar-refractivity contribution >= 4 is 17.7 Å². The van der Waals surface area contributed by atoms with Gasteiger partial charge in [-0.2, -0.15) is 0 Å². The van der Waals surface area contributed by atoms with Crippen molar-refractivity contribution in [2.24, 2.45) is 0 Å². The molecule has 1 fully saturated rings. The van der Waals surface area contributed by atoms with E-state index in [-0.39, 0.29) is 31.3 Å². The Kier molecular flexibility index (Phi) is 4.61. The lowest BCUT2D eigenvalue weighted by atomic mass is 10.2. The number of aliphatic hydroxyl groups excluding tert-OH is 1. The fourth-order valence-corrected chi connectivity index (χ4v) is 2.43. The molecule has 1 aromatic carbocycles. The molecule has 2 amide bonds. The number of anilines is 1. The van der Waals surface area contributed by atoms with Gasteiger partial charge in [-0.3, -0.25) is 9.69 Å². The molecular formula is C15H16FN5O4. The number of hydrogen-bond donors (Lipinski definition) is 2. The number of cyclic esters (lactones) is 1. The van der Waals surface area contributed by atoms with Crippen LogP contribution in [0.3, 0.4) is 0 Å². The van der Waals surface area contributed by atoms with Gasteiger partial charge in [0.15, 0.2) is 5.82 Å². The van der Waals surface area contributed by atoms with Crippen molar-refractivity contribution in [2.75, 3.05) is 18.0 Å². The number of carbonyl (C=O) groups excluding carboxylic acids is 2. The van der Waals surface area contributed by atoms with Crippen LogP contribution in [-0.2, 0) is 16.1 Å². The second-order valence-electron chi connectivity index (χ2n) is 5.50. The summed E-state index contributed by atoms with van der Waals surface area (Å²) in [6, 6.07) is 4.20. The van der Waals surface area contributed by atoms with Crippen LogP contribution in [0.15, 0.2) is 24.4 Å². The summed E-state index contributed by atoms with van der Waals surface area (Å²) in [5.74, 6) is -0.829. The first-order valence-electron chi connectivity index (χ1n) is 7.52. The first-order valence-corrected chi connectivity index (χ1v) is 7.52. The maximum Gasteiger partial charge on any atom is 0.414 e. The van der Waals surface area contributed by atoms with Gasteiger partial charge in [-0.1, -0.05) is 5.21 Å². The fourth-order valence-electron chi connectivity index (χ4n) is 2.43. The third kappa shape index (κ3) is 3.58. The molecule has 3 rings (SSSR count). The van der Waals surface area contributed by atoms with E-state index in [0.717, 1.165) is 0 Å². The van der Waals surface area contributed by atoms with Gasteiger partial charge in [0, 0.05) is 6.92 Å². The molecule has 2 aromatic rings. The number of carbonyl (C=O) groups is 2. The van der Waals surface area contributed by atoms with E-state index in [0.29, 0.717) is 11.4 Å². The molecule has 2 N–H and O–H groups in total. The zero-order valence-corrected chi connectivity index (χ0v) is 13.3. The van der Waals surface area contributed by atoms with Crippen molar-refractivity contribution in [2.45, 2.75) is 19.6 Å². The number of amides is 2. The van der Waals surface area contributed by atoms with Crippen LogP contribution in [0, 0.1) is 5.82 Å². The lowest BCUT2D eigenvalue weighted by Crippen LogP contribution is -2.33. The highest BCUT2D eigenvalue weighted by Gasteiger charge is 2.32. The summed E-state index contributed by atoms with van der Waals surface area (Å²) in [6.07, 6.45) is 0.304. The number of nitrogens with one attached hydrogen (secondary N) is 1. The van der Waals surface area contributed by atoms with Crippen LogP contribution >= 0.6 is 0 Å². The number of hydrogen-bond acceptors (Lipinski definition) is 6. The minimum Gasteiger partial charge on any atom is -0.442 e. The monoisotopic (exact) mass is 349 g/mol. The maximum atomic E-state index is 14.4. The minimum atomic E-state index is -0.606. The second-order valence-corrected chi connectivity index (χ2v) is 5.50. The van der Waals surface area contributed by atoms with E-state index >= 15 is 0 Å². The highest BCUT2D eigenvalue weighted by atomic mass is 19.1. The Hall–Kier alpha value is -3.01. The molecule has 1 atom stereocenters. The molecule has 1 aromatic heterocycles. The van der Waals surface area contributed by atoms with E-state index in [1.165, 1.54) is 34.8 Å². The van der Waals surface area contributed by atoms with E-state index in [4.69, 9.17) is 9.84 Å². The van der Waals surface area contributed by atoms with Crippen molar-refractivity contribution in [1.29, 1.82) is 0 Å². The Morgan fingerprint density at radius 2 is 2.32 bits per heavy atom. The van der Waals surface area contributed by atoms with Crippen LogP contribution in [-0.4, -0.2) is 51.3 Å². The Balaban J connectivity index is 1.76. The van der Waals surface area contributed by atoms with Gasteiger partial charge in [0.1, 0.15) is 17.5 Å².